The van der Waals surface area contributed by atoms with Gasteiger partial charge in [-0.1, -0.05) is 60.7 Å². The fourth-order valence-electron chi connectivity index (χ4n) is 4.43. The largest absolute Gasteiger partial charge is 0.497 e. The SMILES string of the molecule is COc1cccc([C@@H](CC(=O)c2ccccc2)[C@@]2(C(=O)OC(C)(C)C)OC(=O)c3ccccc32)c1. The Morgan fingerprint density at radius 1 is 0.943 bits per heavy atom. The molecule has 6 heteroatoms. The van der Waals surface area contributed by atoms with Crippen molar-refractivity contribution in [2.45, 2.75) is 44.3 Å². The second-order valence-corrected chi connectivity index (χ2v) is 9.50. The molecule has 0 N–H and O–H groups in total. The van der Waals surface area contributed by atoms with Crippen LogP contribution in [0.5, 0.6) is 5.75 Å². The lowest BCUT2D eigenvalue weighted by atomic mass is 9.73. The Hall–Kier alpha value is -3.93. The monoisotopic (exact) mass is 472 g/mol. The lowest BCUT2D eigenvalue weighted by Gasteiger charge is -2.37. The minimum Gasteiger partial charge on any atom is -0.497 e. The summed E-state index contributed by atoms with van der Waals surface area (Å²) in [7, 11) is 1.54. The van der Waals surface area contributed by atoms with Crippen LogP contribution in [0.1, 0.15) is 65.0 Å². The summed E-state index contributed by atoms with van der Waals surface area (Å²) in [6.07, 6.45) is -0.0992. The van der Waals surface area contributed by atoms with Gasteiger partial charge in [0.1, 0.15) is 11.4 Å². The van der Waals surface area contributed by atoms with E-state index in [0.29, 0.717) is 22.4 Å². The Kier molecular flexibility index (Phi) is 6.48. The average Bonchev–Trinajstić information content (AvgIpc) is 3.15. The van der Waals surface area contributed by atoms with Crippen LogP contribution in [-0.4, -0.2) is 30.4 Å². The highest BCUT2D eigenvalue weighted by Crippen LogP contribution is 2.50. The van der Waals surface area contributed by atoms with Crippen LogP contribution in [-0.2, 0) is 19.9 Å². The number of carbonyl (C=O) groups is 3. The summed E-state index contributed by atoms with van der Waals surface area (Å²) in [6.45, 7) is 5.24. The topological polar surface area (TPSA) is 78.9 Å². The molecule has 0 aliphatic carbocycles. The first-order valence-electron chi connectivity index (χ1n) is 11.4. The first-order valence-corrected chi connectivity index (χ1v) is 11.4. The summed E-state index contributed by atoms with van der Waals surface area (Å²) in [5.74, 6) is -1.87. The van der Waals surface area contributed by atoms with E-state index in [2.05, 4.69) is 0 Å². The maximum atomic E-state index is 13.9. The molecule has 3 aromatic rings. The second kappa shape index (κ2) is 9.37. The van der Waals surface area contributed by atoms with E-state index < -0.39 is 29.1 Å². The van der Waals surface area contributed by atoms with E-state index in [-0.39, 0.29) is 17.8 Å². The van der Waals surface area contributed by atoms with Gasteiger partial charge in [-0.05, 0) is 44.5 Å². The maximum Gasteiger partial charge on any atom is 0.356 e. The highest BCUT2D eigenvalue weighted by atomic mass is 16.6. The maximum absolute atomic E-state index is 13.9. The summed E-state index contributed by atoms with van der Waals surface area (Å²) in [6, 6.07) is 22.7. The fraction of sp³-hybridized carbons (Fsp3) is 0.276. The van der Waals surface area contributed by atoms with Crippen molar-refractivity contribution in [3.63, 3.8) is 0 Å². The Morgan fingerprint density at radius 3 is 2.31 bits per heavy atom. The van der Waals surface area contributed by atoms with Gasteiger partial charge in [-0.3, -0.25) is 4.79 Å². The third-order valence-corrected chi connectivity index (χ3v) is 5.98. The van der Waals surface area contributed by atoms with Crippen LogP contribution in [0.3, 0.4) is 0 Å². The number of carbonyl (C=O) groups excluding carboxylic acids is 3. The van der Waals surface area contributed by atoms with Crippen molar-refractivity contribution in [1.82, 2.24) is 0 Å². The minimum absolute atomic E-state index is 0.0992. The fourth-order valence-corrected chi connectivity index (χ4v) is 4.43. The van der Waals surface area contributed by atoms with Crippen molar-refractivity contribution in [3.05, 3.63) is 101 Å². The third-order valence-electron chi connectivity index (χ3n) is 5.98. The molecule has 0 amide bonds. The van der Waals surface area contributed by atoms with Crippen molar-refractivity contribution in [2.24, 2.45) is 0 Å². The molecule has 35 heavy (non-hydrogen) atoms. The van der Waals surface area contributed by atoms with Crippen LogP contribution >= 0.6 is 0 Å². The molecule has 0 saturated heterocycles. The van der Waals surface area contributed by atoms with Gasteiger partial charge in [-0.2, -0.15) is 0 Å². The number of methoxy groups -OCH3 is 1. The van der Waals surface area contributed by atoms with Gasteiger partial charge in [0, 0.05) is 23.5 Å². The van der Waals surface area contributed by atoms with Crippen molar-refractivity contribution >= 4 is 17.7 Å². The standard InChI is InChI=1S/C29H28O6/c1-28(2,3)35-27(32)29(23-16-9-8-15-22(23)26(31)34-29)24(20-13-10-14-21(17-20)33-4)18-25(30)19-11-6-5-7-12-19/h5-17,24H,18H2,1-4H3/t24-,29+/m1/s1. The molecule has 0 unspecified atom stereocenters. The number of cyclic esters (lactones) is 1. The quantitative estimate of drug-likeness (QED) is 0.336. The number of ether oxygens (including phenoxy) is 3. The predicted octanol–water partition coefficient (Wildman–Crippen LogP) is 5.46. The number of hydrogen-bond acceptors (Lipinski definition) is 6. The van der Waals surface area contributed by atoms with Gasteiger partial charge in [0.25, 0.3) is 0 Å². The van der Waals surface area contributed by atoms with Gasteiger partial charge >= 0.3 is 11.9 Å². The minimum atomic E-state index is -1.85. The second-order valence-electron chi connectivity index (χ2n) is 9.50. The number of ketones is 1. The summed E-state index contributed by atoms with van der Waals surface area (Å²) in [5, 5.41) is 0. The average molecular weight is 473 g/mol. The van der Waals surface area contributed by atoms with Crippen LogP contribution in [0.2, 0.25) is 0 Å². The zero-order chi connectivity index (χ0) is 25.2. The summed E-state index contributed by atoms with van der Waals surface area (Å²) in [5.41, 5.74) is -0.929. The molecule has 0 bridgehead atoms. The molecule has 1 heterocycles. The predicted molar refractivity (Wildman–Crippen MR) is 131 cm³/mol. The van der Waals surface area contributed by atoms with E-state index >= 15 is 0 Å². The molecule has 1 aliphatic heterocycles. The van der Waals surface area contributed by atoms with Gasteiger partial charge < -0.3 is 14.2 Å². The number of esters is 2. The molecule has 2 atom stereocenters. The summed E-state index contributed by atoms with van der Waals surface area (Å²) >= 11 is 0. The molecule has 0 fully saturated rings. The Bertz CT molecular complexity index is 1260. The molecule has 6 nitrogen and oxygen atoms in total. The smallest absolute Gasteiger partial charge is 0.356 e. The van der Waals surface area contributed by atoms with E-state index in [1.807, 2.05) is 6.07 Å². The van der Waals surface area contributed by atoms with Crippen LogP contribution < -0.4 is 4.74 Å². The number of fused-ring (bicyclic) bond motifs is 1. The first-order chi connectivity index (χ1) is 16.7. The summed E-state index contributed by atoms with van der Waals surface area (Å²) < 4.78 is 17.2. The first kappa shape index (κ1) is 24.2. The molecule has 180 valence electrons. The summed E-state index contributed by atoms with van der Waals surface area (Å²) in [4.78, 5) is 40.4. The molecule has 3 aromatic carbocycles. The Labute approximate surface area is 204 Å². The van der Waals surface area contributed by atoms with Crippen molar-refractivity contribution < 1.29 is 28.6 Å². The van der Waals surface area contributed by atoms with Crippen molar-refractivity contribution in [1.29, 1.82) is 0 Å². The number of benzene rings is 3. The van der Waals surface area contributed by atoms with Crippen LogP contribution in [0, 0.1) is 0 Å². The molecular weight excluding hydrogens is 444 g/mol. The van der Waals surface area contributed by atoms with E-state index in [4.69, 9.17) is 14.2 Å². The van der Waals surface area contributed by atoms with Gasteiger partial charge in [0.05, 0.1) is 12.7 Å². The highest BCUT2D eigenvalue weighted by molar-refractivity contribution is 6.03. The molecule has 0 radical (unpaired) electrons. The van der Waals surface area contributed by atoms with Crippen LogP contribution in [0.4, 0.5) is 0 Å². The normalized spacial score (nSPS) is 17.8. The molecule has 1 aliphatic rings. The molecule has 4 rings (SSSR count). The number of hydrogen-bond donors (Lipinski definition) is 0. The van der Waals surface area contributed by atoms with Crippen molar-refractivity contribution in [3.8, 4) is 5.75 Å². The lowest BCUT2D eigenvalue weighted by molar-refractivity contribution is -0.180. The van der Waals surface area contributed by atoms with E-state index in [0.717, 1.165) is 0 Å². The molecular formula is C29H28O6. The number of rotatable bonds is 7. The van der Waals surface area contributed by atoms with E-state index in [1.165, 1.54) is 7.11 Å². The van der Waals surface area contributed by atoms with Gasteiger partial charge in [-0.15, -0.1) is 0 Å². The third kappa shape index (κ3) is 4.69. The van der Waals surface area contributed by atoms with Gasteiger partial charge in [0.2, 0.25) is 5.60 Å². The van der Waals surface area contributed by atoms with Crippen molar-refractivity contribution in [2.75, 3.05) is 7.11 Å². The number of Topliss-reactive ketones (excluding diaryl/α,β-unsaturated/α-hetero) is 1. The van der Waals surface area contributed by atoms with Gasteiger partial charge in [0.15, 0.2) is 5.78 Å². The lowest BCUT2D eigenvalue weighted by Crippen LogP contribution is -2.46. The zero-order valence-corrected chi connectivity index (χ0v) is 20.2. The Balaban J connectivity index is 1.94. The van der Waals surface area contributed by atoms with E-state index in [9.17, 15) is 14.4 Å². The van der Waals surface area contributed by atoms with Gasteiger partial charge in [-0.25, -0.2) is 9.59 Å². The molecule has 0 saturated carbocycles. The Morgan fingerprint density at radius 2 is 1.63 bits per heavy atom. The zero-order valence-electron chi connectivity index (χ0n) is 20.2. The highest BCUT2D eigenvalue weighted by Gasteiger charge is 2.59. The molecule has 0 spiro atoms. The van der Waals surface area contributed by atoms with Crippen LogP contribution in [0.25, 0.3) is 0 Å². The van der Waals surface area contributed by atoms with Crippen LogP contribution in [0.15, 0.2) is 78.9 Å². The van der Waals surface area contributed by atoms with E-state index in [1.54, 1.807) is 93.6 Å². The molecule has 0 aromatic heterocycles.